The van der Waals surface area contributed by atoms with Gasteiger partial charge in [0.25, 0.3) is 0 Å². The van der Waals surface area contributed by atoms with Crippen LogP contribution >= 0.6 is 0 Å². The molecule has 0 saturated heterocycles. The van der Waals surface area contributed by atoms with Gasteiger partial charge in [0.1, 0.15) is 24.0 Å². The molecule has 384 valence electrons. The second kappa shape index (κ2) is 18.8. The predicted octanol–water partition coefficient (Wildman–Crippen LogP) is 19.8. The van der Waals surface area contributed by atoms with Crippen molar-refractivity contribution in [1.29, 1.82) is 0 Å². The molecule has 0 saturated carbocycles. The molecule has 0 bridgehead atoms. The van der Waals surface area contributed by atoms with Crippen LogP contribution in [0, 0.1) is 6.85 Å². The minimum absolute atomic E-state index is 0.00270. The van der Waals surface area contributed by atoms with Gasteiger partial charge in [-0.25, -0.2) is 4.98 Å². The number of benzene rings is 9. The molecule has 0 unspecified atom stereocenters. The van der Waals surface area contributed by atoms with E-state index in [4.69, 9.17) is 13.8 Å². The first-order valence-electron chi connectivity index (χ1n) is 28.9. The first kappa shape index (κ1) is 45.5. The number of ether oxygens (including phenoxy) is 1. The van der Waals surface area contributed by atoms with Crippen LogP contribution in [0.3, 0.4) is 0 Å². The van der Waals surface area contributed by atoms with Gasteiger partial charge < -0.3 is 14.5 Å². The summed E-state index contributed by atoms with van der Waals surface area (Å²) in [6.45, 7) is 14.4. The van der Waals surface area contributed by atoms with Gasteiger partial charge in [-0.05, 0) is 135 Å². The van der Waals surface area contributed by atoms with Crippen LogP contribution in [0.5, 0.6) is 11.5 Å². The van der Waals surface area contributed by atoms with Crippen molar-refractivity contribution >= 4 is 44.6 Å². The van der Waals surface area contributed by atoms with E-state index < -0.39 is 6.85 Å². The number of para-hydroxylation sites is 4. The van der Waals surface area contributed by atoms with Gasteiger partial charge in [0.15, 0.2) is 0 Å². The Kier molecular flexibility index (Phi) is 11.0. The Morgan fingerprint density at radius 3 is 1.83 bits per heavy atom. The molecule has 13 rings (SSSR count). The van der Waals surface area contributed by atoms with Crippen LogP contribution in [0.1, 0.15) is 87.7 Å². The third kappa shape index (κ3) is 8.53. The Hall–Kier alpha value is -8.67. The number of aromatic nitrogens is 2. The van der Waals surface area contributed by atoms with Gasteiger partial charge in [-0.1, -0.05) is 200 Å². The smallest absolute Gasteiger partial charge is 0.137 e. The molecule has 3 heterocycles. The largest absolute Gasteiger partial charge is 0.457 e. The normalized spacial score (nSPS) is 15.4. The number of fused-ring (bicyclic) bond motifs is 5. The Labute approximate surface area is 464 Å². The highest BCUT2D eigenvalue weighted by molar-refractivity contribution is 6.09. The van der Waals surface area contributed by atoms with Crippen molar-refractivity contribution in [2.45, 2.75) is 84.4 Å². The molecule has 2 aliphatic rings. The molecule has 11 aromatic rings. The Bertz CT molecular complexity index is 4230. The lowest BCUT2D eigenvalue weighted by atomic mass is 9.63. The lowest BCUT2D eigenvalue weighted by Crippen LogP contribution is -2.33. The molecule has 1 aliphatic carbocycles. The highest BCUT2D eigenvalue weighted by Gasteiger charge is 2.38. The van der Waals surface area contributed by atoms with Gasteiger partial charge in [0.2, 0.25) is 0 Å². The number of rotatable bonds is 9. The second-order valence-corrected chi connectivity index (χ2v) is 23.7. The third-order valence-corrected chi connectivity index (χ3v) is 16.7. The van der Waals surface area contributed by atoms with Crippen LogP contribution in [0.4, 0.5) is 22.7 Å². The molecule has 0 fully saturated rings. The molecular formula is C73H66N4O. The maximum absolute atomic E-state index is 8.85. The van der Waals surface area contributed by atoms with E-state index in [2.05, 4.69) is 227 Å². The van der Waals surface area contributed by atoms with Crippen molar-refractivity contribution in [2.24, 2.45) is 0 Å². The van der Waals surface area contributed by atoms with E-state index in [-0.39, 0.29) is 16.2 Å². The maximum atomic E-state index is 8.85. The van der Waals surface area contributed by atoms with Gasteiger partial charge >= 0.3 is 0 Å². The zero-order valence-electron chi connectivity index (χ0n) is 48.6. The van der Waals surface area contributed by atoms with Crippen LogP contribution < -0.4 is 14.5 Å². The number of pyridine rings is 1. The SMILES string of the molecule is [2H]C([2H])([2H])c1cc(-c2cccc(-c3ccc4c(c3)C(C)(C)CCC4(C)C)c2N2CN(c3cccc(Oc4ccc5c6ccccc6n(-c6cc(C(C)(C)C)c(-c7ccccc7)cn6)c5c4)c3)c3ccccc32)ccc1-c1ccccc1. The summed E-state index contributed by atoms with van der Waals surface area (Å²) in [6, 6.07) is 74.1. The monoisotopic (exact) mass is 1020 g/mol. The van der Waals surface area contributed by atoms with Crippen molar-refractivity contribution in [2.75, 3.05) is 16.5 Å². The number of nitrogens with zero attached hydrogens (tertiary/aromatic N) is 4. The van der Waals surface area contributed by atoms with Gasteiger partial charge in [0, 0.05) is 55.6 Å². The molecule has 5 heteroatoms. The molecular weight excluding hydrogens is 949 g/mol. The van der Waals surface area contributed by atoms with E-state index in [1.165, 1.54) is 16.7 Å². The van der Waals surface area contributed by atoms with Crippen molar-refractivity contribution in [3.63, 3.8) is 0 Å². The minimum Gasteiger partial charge on any atom is -0.457 e. The number of hydrogen-bond acceptors (Lipinski definition) is 4. The van der Waals surface area contributed by atoms with Gasteiger partial charge in [-0.2, -0.15) is 0 Å². The minimum atomic E-state index is -2.35. The average Bonchev–Trinajstić information content (AvgIpc) is 4.29. The molecule has 0 amide bonds. The van der Waals surface area contributed by atoms with E-state index >= 15 is 0 Å². The highest BCUT2D eigenvalue weighted by atomic mass is 16.5. The lowest BCUT2D eigenvalue weighted by Gasteiger charge is -2.42. The van der Waals surface area contributed by atoms with Crippen molar-refractivity contribution < 1.29 is 8.85 Å². The molecule has 9 aromatic carbocycles. The molecule has 78 heavy (non-hydrogen) atoms. The fourth-order valence-electron chi connectivity index (χ4n) is 12.4. The Balaban J connectivity index is 0.907. The van der Waals surface area contributed by atoms with E-state index in [0.717, 1.165) is 102 Å². The van der Waals surface area contributed by atoms with Crippen LogP contribution in [-0.4, -0.2) is 16.2 Å². The van der Waals surface area contributed by atoms with Gasteiger partial charge in [-0.15, -0.1) is 0 Å². The summed E-state index contributed by atoms with van der Waals surface area (Å²) in [4.78, 5) is 9.95. The lowest BCUT2D eigenvalue weighted by molar-refractivity contribution is 0.332. The quantitative estimate of drug-likeness (QED) is 0.144. The fraction of sp³-hybridized carbons (Fsp3) is 0.192. The first-order chi connectivity index (χ1) is 38.9. The zero-order valence-corrected chi connectivity index (χ0v) is 45.6. The summed E-state index contributed by atoms with van der Waals surface area (Å²) < 4.78 is 35.7. The summed E-state index contributed by atoms with van der Waals surface area (Å²) in [7, 11) is 0. The summed E-state index contributed by atoms with van der Waals surface area (Å²) in [5, 5.41) is 2.27. The highest BCUT2D eigenvalue weighted by Crippen LogP contribution is 2.53. The summed E-state index contributed by atoms with van der Waals surface area (Å²) in [6.07, 6.45) is 4.26. The number of hydrogen-bond donors (Lipinski definition) is 0. The molecule has 0 atom stereocenters. The van der Waals surface area contributed by atoms with E-state index in [1.807, 2.05) is 54.7 Å². The van der Waals surface area contributed by atoms with Crippen molar-refractivity contribution in [3.8, 4) is 61.8 Å². The summed E-state index contributed by atoms with van der Waals surface area (Å²) in [5.41, 5.74) is 18.3. The molecule has 2 aromatic heterocycles. The molecule has 0 spiro atoms. The van der Waals surface area contributed by atoms with Crippen LogP contribution in [0.2, 0.25) is 0 Å². The zero-order chi connectivity index (χ0) is 56.0. The molecule has 0 N–H and O–H groups in total. The van der Waals surface area contributed by atoms with Gasteiger partial charge in [0.05, 0.1) is 28.1 Å². The number of aryl methyl sites for hydroxylation is 1. The van der Waals surface area contributed by atoms with E-state index in [0.29, 0.717) is 29.3 Å². The average molecular weight is 1020 g/mol. The van der Waals surface area contributed by atoms with Crippen LogP contribution in [0.25, 0.3) is 72.1 Å². The summed E-state index contributed by atoms with van der Waals surface area (Å²) in [5.74, 6) is 2.28. The first-order valence-corrected chi connectivity index (χ1v) is 27.4. The summed E-state index contributed by atoms with van der Waals surface area (Å²) >= 11 is 0. The van der Waals surface area contributed by atoms with Crippen LogP contribution in [-0.2, 0) is 16.2 Å². The van der Waals surface area contributed by atoms with Crippen molar-refractivity contribution in [1.82, 2.24) is 9.55 Å². The Morgan fingerprint density at radius 1 is 0.487 bits per heavy atom. The van der Waals surface area contributed by atoms with Crippen molar-refractivity contribution in [3.05, 3.63) is 241 Å². The Morgan fingerprint density at radius 2 is 1.10 bits per heavy atom. The predicted molar refractivity (Wildman–Crippen MR) is 328 cm³/mol. The molecule has 1 aliphatic heterocycles. The molecule has 0 radical (unpaired) electrons. The maximum Gasteiger partial charge on any atom is 0.137 e. The molecule has 5 nitrogen and oxygen atoms in total. The van der Waals surface area contributed by atoms with E-state index in [9.17, 15) is 0 Å². The van der Waals surface area contributed by atoms with Crippen LogP contribution in [0.15, 0.2) is 219 Å². The second-order valence-electron chi connectivity index (χ2n) is 23.7. The standard InChI is InChI=1S/C73H66N4O/c1-48-41-51(33-36-56(48)49-21-11-9-12-22-49)57-28-20-29-58(52-34-38-62-64(42-52)73(7,8)40-39-72(62,5)6)70(57)76-47-75(66-31-17-18-32-67(66)76)53-25-19-26-54(43-53)78-55-35-37-60-59-27-15-16-30-65(59)77(68(60)44-55)69-45-63(71(2,3)4)61(46-74-69)50-23-13-10-14-24-50/h9-38,41-46H,39-40,47H2,1-8H3/i1D3. The van der Waals surface area contributed by atoms with Gasteiger partial charge in [-0.3, -0.25) is 4.57 Å². The topological polar surface area (TPSA) is 33.5 Å². The van der Waals surface area contributed by atoms with E-state index in [1.54, 1.807) is 0 Å². The number of anilines is 4. The third-order valence-electron chi connectivity index (χ3n) is 16.7. The fourth-order valence-corrected chi connectivity index (χ4v) is 12.4.